The van der Waals surface area contributed by atoms with Gasteiger partial charge in [0.05, 0.1) is 0 Å². The molecule has 9 heteroatoms. The van der Waals surface area contributed by atoms with Gasteiger partial charge in [0.25, 0.3) is 5.91 Å². The van der Waals surface area contributed by atoms with Crippen molar-refractivity contribution in [2.75, 3.05) is 25.5 Å². The van der Waals surface area contributed by atoms with E-state index in [2.05, 4.69) is 22.8 Å². The molecule has 0 spiro atoms. The molecule has 4 aromatic rings. The second kappa shape index (κ2) is 12.9. The van der Waals surface area contributed by atoms with Gasteiger partial charge in [-0.3, -0.25) is 15.0 Å². The first kappa shape index (κ1) is 28.9. The summed E-state index contributed by atoms with van der Waals surface area (Å²) in [5, 5.41) is 15.1. The standard InChI is InChI=1S/C33H30ClN3O5/c1-37(18-21-9-3-2-4-10-21)19-30(32(39)40)36-31(38)22-15-23(34)17-24(16-22)35-33(41)42-20-29-27-13-7-5-11-25(27)26-12-6-8-14-28(26)29/h2-17,29-30H,18-20H2,1H3,(H,35,41)(H,36,38)(H,39,40). The quantitative estimate of drug-likeness (QED) is 0.211. The number of benzene rings is 4. The van der Waals surface area contributed by atoms with E-state index < -0.39 is 24.0 Å². The van der Waals surface area contributed by atoms with Crippen molar-refractivity contribution in [1.29, 1.82) is 0 Å². The Hall–Kier alpha value is -4.66. The molecule has 0 saturated heterocycles. The highest BCUT2D eigenvalue weighted by molar-refractivity contribution is 6.31. The van der Waals surface area contributed by atoms with Gasteiger partial charge >= 0.3 is 12.1 Å². The van der Waals surface area contributed by atoms with Crippen LogP contribution in [0.25, 0.3) is 11.1 Å². The van der Waals surface area contributed by atoms with E-state index >= 15 is 0 Å². The molecule has 0 aliphatic heterocycles. The Bertz CT molecular complexity index is 1570. The van der Waals surface area contributed by atoms with Crippen LogP contribution in [0.5, 0.6) is 0 Å². The molecule has 0 aromatic heterocycles. The molecule has 1 aliphatic carbocycles. The van der Waals surface area contributed by atoms with Crippen LogP contribution in [-0.4, -0.2) is 54.2 Å². The summed E-state index contributed by atoms with van der Waals surface area (Å²) in [6, 6.07) is 28.9. The number of carbonyl (C=O) groups is 3. The number of aliphatic carboxylic acids is 1. The Kier molecular flexibility index (Phi) is 8.85. The molecule has 0 fully saturated rings. The first-order chi connectivity index (χ1) is 20.3. The number of carboxylic acids is 1. The summed E-state index contributed by atoms with van der Waals surface area (Å²) in [4.78, 5) is 39.5. The van der Waals surface area contributed by atoms with Crippen LogP contribution in [0.3, 0.4) is 0 Å². The number of anilines is 1. The number of hydrogen-bond donors (Lipinski definition) is 3. The Morgan fingerprint density at radius 1 is 0.905 bits per heavy atom. The number of halogens is 1. The van der Waals surface area contributed by atoms with Crippen LogP contribution in [0.2, 0.25) is 5.02 Å². The van der Waals surface area contributed by atoms with Crippen LogP contribution in [0.1, 0.15) is 33.0 Å². The molecule has 1 atom stereocenters. The highest BCUT2D eigenvalue weighted by Crippen LogP contribution is 2.44. The zero-order valence-electron chi connectivity index (χ0n) is 22.9. The first-order valence-corrected chi connectivity index (χ1v) is 13.8. The van der Waals surface area contributed by atoms with E-state index in [1.54, 1.807) is 7.05 Å². The Morgan fingerprint density at radius 2 is 1.52 bits per heavy atom. The maximum atomic E-state index is 13.0. The fourth-order valence-corrected chi connectivity index (χ4v) is 5.48. The molecule has 1 unspecified atom stereocenters. The molecule has 42 heavy (non-hydrogen) atoms. The lowest BCUT2D eigenvalue weighted by molar-refractivity contribution is -0.139. The molecular formula is C33H30ClN3O5. The van der Waals surface area contributed by atoms with Gasteiger partial charge in [0, 0.05) is 35.3 Å². The summed E-state index contributed by atoms with van der Waals surface area (Å²) in [6.45, 7) is 0.734. The van der Waals surface area contributed by atoms with Crippen LogP contribution in [0, 0.1) is 0 Å². The van der Waals surface area contributed by atoms with Gasteiger partial charge in [0.2, 0.25) is 0 Å². The normalized spacial score (nSPS) is 12.7. The lowest BCUT2D eigenvalue weighted by Crippen LogP contribution is -2.47. The van der Waals surface area contributed by atoms with Crippen molar-refractivity contribution in [3.8, 4) is 11.1 Å². The monoisotopic (exact) mass is 583 g/mol. The van der Waals surface area contributed by atoms with Gasteiger partial charge in [-0.05, 0) is 53.1 Å². The van der Waals surface area contributed by atoms with Crippen molar-refractivity contribution in [3.05, 3.63) is 124 Å². The van der Waals surface area contributed by atoms with E-state index in [1.807, 2.05) is 71.6 Å². The van der Waals surface area contributed by atoms with Crippen LogP contribution in [-0.2, 0) is 16.1 Å². The molecule has 0 saturated carbocycles. The molecule has 0 heterocycles. The maximum absolute atomic E-state index is 13.0. The zero-order valence-corrected chi connectivity index (χ0v) is 23.7. The molecule has 214 valence electrons. The lowest BCUT2D eigenvalue weighted by Gasteiger charge is -2.22. The molecule has 1 aliphatic rings. The van der Waals surface area contributed by atoms with Crippen molar-refractivity contribution >= 4 is 35.3 Å². The van der Waals surface area contributed by atoms with Gasteiger partial charge in [-0.15, -0.1) is 0 Å². The van der Waals surface area contributed by atoms with Gasteiger partial charge < -0.3 is 15.2 Å². The van der Waals surface area contributed by atoms with E-state index in [0.717, 1.165) is 27.8 Å². The Labute approximate surface area is 248 Å². The minimum atomic E-state index is -1.16. The van der Waals surface area contributed by atoms with E-state index in [-0.39, 0.29) is 35.3 Å². The number of fused-ring (bicyclic) bond motifs is 3. The van der Waals surface area contributed by atoms with Crippen LogP contribution >= 0.6 is 11.6 Å². The predicted octanol–water partition coefficient (Wildman–Crippen LogP) is 6.02. The minimum absolute atomic E-state index is 0.0847. The largest absolute Gasteiger partial charge is 0.480 e. The molecule has 0 radical (unpaired) electrons. The van der Waals surface area contributed by atoms with Crippen LogP contribution in [0.4, 0.5) is 10.5 Å². The lowest BCUT2D eigenvalue weighted by atomic mass is 9.98. The van der Waals surface area contributed by atoms with Gasteiger partial charge in [-0.25, -0.2) is 9.59 Å². The number of rotatable bonds is 10. The van der Waals surface area contributed by atoms with E-state index in [9.17, 15) is 19.5 Å². The minimum Gasteiger partial charge on any atom is -0.480 e. The van der Waals surface area contributed by atoms with Crippen LogP contribution < -0.4 is 10.6 Å². The molecule has 0 bridgehead atoms. The van der Waals surface area contributed by atoms with Crippen molar-refractivity contribution in [2.24, 2.45) is 0 Å². The Morgan fingerprint density at radius 3 is 2.17 bits per heavy atom. The number of hydrogen-bond acceptors (Lipinski definition) is 5. The third-order valence-corrected chi connectivity index (χ3v) is 7.36. The van der Waals surface area contributed by atoms with Gasteiger partial charge in [-0.1, -0.05) is 90.5 Å². The fraction of sp³-hybridized carbons (Fsp3) is 0.182. The van der Waals surface area contributed by atoms with Gasteiger partial charge in [-0.2, -0.15) is 0 Å². The molecule has 8 nitrogen and oxygen atoms in total. The van der Waals surface area contributed by atoms with Crippen molar-refractivity contribution < 1.29 is 24.2 Å². The molecule has 4 aromatic carbocycles. The van der Waals surface area contributed by atoms with E-state index in [0.29, 0.717) is 6.54 Å². The second-order valence-corrected chi connectivity index (χ2v) is 10.7. The van der Waals surface area contributed by atoms with E-state index in [1.165, 1.54) is 18.2 Å². The van der Waals surface area contributed by atoms with Crippen molar-refractivity contribution in [2.45, 2.75) is 18.5 Å². The highest BCUT2D eigenvalue weighted by Gasteiger charge is 2.29. The van der Waals surface area contributed by atoms with E-state index in [4.69, 9.17) is 16.3 Å². The number of carboxylic acid groups (broad SMARTS) is 1. The number of carbonyl (C=O) groups excluding carboxylic acids is 2. The summed E-state index contributed by atoms with van der Waals surface area (Å²) in [5.74, 6) is -1.90. The summed E-state index contributed by atoms with van der Waals surface area (Å²) >= 11 is 6.25. The number of likely N-dealkylation sites (N-methyl/N-ethyl adjacent to an activating group) is 1. The average Bonchev–Trinajstić information content (AvgIpc) is 3.29. The summed E-state index contributed by atoms with van der Waals surface area (Å²) in [7, 11) is 1.78. The molecule has 5 rings (SSSR count). The SMILES string of the molecule is CN(Cc1ccccc1)CC(NC(=O)c1cc(Cl)cc(NC(=O)OCC2c3ccccc3-c3ccccc32)c1)C(=O)O. The van der Waals surface area contributed by atoms with Crippen molar-refractivity contribution in [3.63, 3.8) is 0 Å². The molecule has 2 amide bonds. The summed E-state index contributed by atoms with van der Waals surface area (Å²) < 4.78 is 5.60. The fourth-order valence-electron chi connectivity index (χ4n) is 5.24. The third kappa shape index (κ3) is 6.79. The topological polar surface area (TPSA) is 108 Å². The third-order valence-electron chi connectivity index (χ3n) is 7.14. The maximum Gasteiger partial charge on any atom is 0.411 e. The number of nitrogens with one attached hydrogen (secondary N) is 2. The van der Waals surface area contributed by atoms with Gasteiger partial charge in [0.1, 0.15) is 12.6 Å². The summed E-state index contributed by atoms with van der Waals surface area (Å²) in [6.07, 6.45) is -0.698. The molecular weight excluding hydrogens is 554 g/mol. The second-order valence-electron chi connectivity index (χ2n) is 10.2. The number of ether oxygens (including phenoxy) is 1. The van der Waals surface area contributed by atoms with Crippen molar-refractivity contribution in [1.82, 2.24) is 10.2 Å². The first-order valence-electron chi connectivity index (χ1n) is 13.5. The predicted molar refractivity (Wildman–Crippen MR) is 162 cm³/mol. The Balaban J connectivity index is 1.21. The summed E-state index contributed by atoms with van der Waals surface area (Å²) in [5.41, 5.74) is 5.81. The number of amides is 2. The van der Waals surface area contributed by atoms with Gasteiger partial charge in [0.15, 0.2) is 0 Å². The van der Waals surface area contributed by atoms with Crippen LogP contribution in [0.15, 0.2) is 97.1 Å². The molecule has 3 N–H and O–H groups in total. The zero-order chi connectivity index (χ0) is 29.6. The smallest absolute Gasteiger partial charge is 0.411 e. The average molecular weight is 584 g/mol. The number of nitrogens with zero attached hydrogens (tertiary/aromatic N) is 1. The highest BCUT2D eigenvalue weighted by atomic mass is 35.5.